The first kappa shape index (κ1) is 58.8. The summed E-state index contributed by atoms with van der Waals surface area (Å²) in [6.45, 7) is 16.0. The minimum absolute atomic E-state index is 0.0189. The summed E-state index contributed by atoms with van der Waals surface area (Å²) in [7, 11) is 0. The van der Waals surface area contributed by atoms with Gasteiger partial charge < -0.3 is 49.6 Å². The molecule has 0 spiro atoms. The quantitative estimate of drug-likeness (QED) is 0.0400. The van der Waals surface area contributed by atoms with Crippen LogP contribution in [0.15, 0.2) is 89.2 Å². The number of aliphatic hydroxyl groups excluding tert-OH is 1. The number of halogens is 1. The Kier molecular flexibility index (Phi) is 20.2. The van der Waals surface area contributed by atoms with Crippen LogP contribution in [0.5, 0.6) is 5.75 Å². The number of amides is 4. The Bertz CT molecular complexity index is 3080. The predicted molar refractivity (Wildman–Crippen MR) is 306 cm³/mol. The lowest BCUT2D eigenvalue weighted by molar-refractivity contribution is -0.144. The zero-order valence-corrected chi connectivity index (χ0v) is 48.0. The van der Waals surface area contributed by atoms with Crippen molar-refractivity contribution in [1.82, 2.24) is 30.3 Å². The number of ether oxygens (including phenoxy) is 5. The Labute approximate surface area is 473 Å². The minimum Gasteiger partial charge on any atom is -0.491 e. The molecule has 2 aliphatic heterocycles. The number of carbonyl (C=O) groups excluding carboxylic acids is 4. The molecule has 0 unspecified atom stereocenters. The van der Waals surface area contributed by atoms with Crippen molar-refractivity contribution in [2.45, 2.75) is 92.1 Å². The van der Waals surface area contributed by atoms with Crippen molar-refractivity contribution < 1.29 is 48.0 Å². The number of aromatic nitrogens is 3. The van der Waals surface area contributed by atoms with E-state index in [9.17, 15) is 24.3 Å². The number of aliphatic hydroxyl groups is 1. The van der Waals surface area contributed by atoms with Crippen LogP contribution in [0.1, 0.15) is 84.0 Å². The number of anilines is 1. The lowest BCUT2D eigenvalue weighted by Gasteiger charge is -2.35. The van der Waals surface area contributed by atoms with Gasteiger partial charge in [-0.25, -0.2) is 0 Å². The van der Waals surface area contributed by atoms with Gasteiger partial charge in [-0.3, -0.25) is 28.7 Å². The Balaban J connectivity index is 0.673. The maximum absolute atomic E-state index is 14.0. The van der Waals surface area contributed by atoms with Crippen molar-refractivity contribution in [3.05, 3.63) is 134 Å². The van der Waals surface area contributed by atoms with Gasteiger partial charge in [0.15, 0.2) is 5.82 Å². The molecule has 420 valence electrons. The fraction of sp³-hybridized carbons (Fsp3) is 0.431. The van der Waals surface area contributed by atoms with Gasteiger partial charge in [-0.15, -0.1) is 32.9 Å². The second-order valence-corrected chi connectivity index (χ2v) is 23.1. The molecule has 8 rings (SSSR count). The number of hydrogen-bond acceptors (Lipinski definition) is 15. The summed E-state index contributed by atoms with van der Waals surface area (Å²) in [5.41, 5.74) is 6.93. The van der Waals surface area contributed by atoms with Gasteiger partial charge in [0, 0.05) is 51.1 Å². The van der Waals surface area contributed by atoms with Gasteiger partial charge in [0.2, 0.25) is 23.6 Å². The molecular weight excluding hydrogens is 1070 g/mol. The average molecular weight is 1140 g/mol. The van der Waals surface area contributed by atoms with Crippen LogP contribution in [0.25, 0.3) is 15.4 Å². The summed E-state index contributed by atoms with van der Waals surface area (Å²) in [4.78, 5) is 62.9. The van der Waals surface area contributed by atoms with Crippen LogP contribution in [-0.2, 0) is 44.7 Å². The van der Waals surface area contributed by atoms with E-state index in [4.69, 9.17) is 40.3 Å². The highest BCUT2D eigenvalue weighted by Gasteiger charge is 2.44. The predicted octanol–water partition coefficient (Wildman–Crippen LogP) is 8.12. The molecule has 18 nitrogen and oxygen atoms in total. The van der Waals surface area contributed by atoms with Gasteiger partial charge in [-0.05, 0) is 103 Å². The van der Waals surface area contributed by atoms with Gasteiger partial charge >= 0.3 is 0 Å². The molecule has 3 aromatic heterocycles. The molecule has 79 heavy (non-hydrogen) atoms. The highest BCUT2D eigenvalue weighted by molar-refractivity contribution is 7.15. The molecule has 0 radical (unpaired) electrons. The van der Waals surface area contributed by atoms with E-state index in [1.165, 1.54) is 20.2 Å². The Morgan fingerprint density at radius 3 is 2.09 bits per heavy atom. The first-order chi connectivity index (χ1) is 37.9. The highest BCUT2D eigenvalue weighted by Crippen LogP contribution is 2.40. The molecular formula is C58H69ClN8O10S2. The Morgan fingerprint density at radius 2 is 1.44 bits per heavy atom. The molecule has 4 atom stereocenters. The van der Waals surface area contributed by atoms with Crippen molar-refractivity contribution in [1.29, 1.82) is 0 Å². The van der Waals surface area contributed by atoms with Crippen molar-refractivity contribution in [2.24, 2.45) is 10.4 Å². The van der Waals surface area contributed by atoms with E-state index < -0.39 is 41.5 Å². The molecule has 0 saturated carbocycles. The van der Waals surface area contributed by atoms with Crippen LogP contribution < -0.4 is 20.7 Å². The number of aryl methyl sites for hydroxylation is 3. The third-order valence-electron chi connectivity index (χ3n) is 13.5. The van der Waals surface area contributed by atoms with Gasteiger partial charge in [-0.1, -0.05) is 68.8 Å². The van der Waals surface area contributed by atoms with Crippen LogP contribution in [0.4, 0.5) is 5.69 Å². The second-order valence-electron chi connectivity index (χ2n) is 20.5. The number of hydrogen-bond donors (Lipinski definition) is 4. The molecule has 1 fully saturated rings. The Morgan fingerprint density at radius 1 is 0.797 bits per heavy atom. The lowest BCUT2D eigenvalue weighted by atomic mass is 9.85. The number of β-amino-alcohol motifs (C(OH)–C–C–N with tert-alkyl or cyclic N) is 1. The van der Waals surface area contributed by atoms with E-state index in [1.807, 2.05) is 80.8 Å². The van der Waals surface area contributed by atoms with Gasteiger partial charge in [0.1, 0.15) is 47.9 Å². The van der Waals surface area contributed by atoms with E-state index in [2.05, 4.69) is 58.4 Å². The minimum atomic E-state index is -0.971. The molecule has 4 N–H and O–H groups in total. The number of nitrogens with zero attached hydrogens (tertiary/aromatic N) is 5. The summed E-state index contributed by atoms with van der Waals surface area (Å²) in [5.74, 6) is 0.420. The molecule has 0 bridgehead atoms. The number of benzene rings is 3. The summed E-state index contributed by atoms with van der Waals surface area (Å²) >= 11 is 9.59. The standard InChI is InChI=1S/C58H69ClN8O10S2/c1-35-20-29-78-52(35)41-10-8-39(9-11-41)32-60-55(71)47-30-44(68)33-66(47)56(72)53(58(5,6)7)63-49(70)34-76-26-25-74-22-21-73-23-24-75-27-28-77-45-18-16-43(17-19-45)61-48(69)31-46-54-65-64-38(4)67(54)57-50(36(2)37(3)79-57)51(62-46)40-12-14-42(59)15-13-40/h8-20,29,44,46-47,53,68H,21-28,30-34H2,1-7H3,(H,60,71)(H,61,69)(H,63,70)/t44-,46+,47+,53-/m1/s1. The molecule has 1 saturated heterocycles. The topological polar surface area (TPSA) is 217 Å². The van der Waals surface area contributed by atoms with Crippen molar-refractivity contribution in [3.8, 4) is 21.2 Å². The number of nitrogens with one attached hydrogen (secondary N) is 3. The summed E-state index contributed by atoms with van der Waals surface area (Å²) < 4.78 is 30.3. The van der Waals surface area contributed by atoms with Crippen molar-refractivity contribution in [3.63, 3.8) is 0 Å². The number of aliphatic imine (C=N–C) groups is 1. The first-order valence-corrected chi connectivity index (χ1v) is 28.4. The SMILES string of the molecule is Cc1ccsc1-c1ccc(CNC(=O)[C@@H]2C[C@@H](O)CN2C(=O)[C@@H](NC(=O)COCCOCCOCCOCCOc2ccc(NC(=O)C[C@@H]3N=C(c4ccc(Cl)cc4)c4c(sc(C)c4C)-n4c(C)nnc43)cc2)C(C)(C)C)cc1. The van der Waals surface area contributed by atoms with Crippen molar-refractivity contribution in [2.75, 3.05) is 71.3 Å². The van der Waals surface area contributed by atoms with Gasteiger partial charge in [0.05, 0.1) is 64.5 Å². The third kappa shape index (κ3) is 15.3. The maximum atomic E-state index is 14.0. The lowest BCUT2D eigenvalue weighted by Crippen LogP contribution is -2.58. The fourth-order valence-electron chi connectivity index (χ4n) is 9.27. The molecule has 0 aliphatic carbocycles. The van der Waals surface area contributed by atoms with Crippen molar-refractivity contribution >= 4 is 69.3 Å². The van der Waals surface area contributed by atoms with Gasteiger partial charge in [-0.2, -0.15) is 0 Å². The molecule has 4 amide bonds. The van der Waals surface area contributed by atoms with Crippen LogP contribution in [0.2, 0.25) is 5.02 Å². The average Bonchev–Trinajstić information content (AvgIpc) is 4.42. The van der Waals surface area contributed by atoms with Gasteiger partial charge in [0.25, 0.3) is 0 Å². The summed E-state index contributed by atoms with van der Waals surface area (Å²) in [6, 6.07) is 22.3. The van der Waals surface area contributed by atoms with E-state index in [-0.39, 0.29) is 57.6 Å². The van der Waals surface area contributed by atoms with E-state index in [0.29, 0.717) is 61.9 Å². The zero-order chi connectivity index (χ0) is 56.2. The van der Waals surface area contributed by atoms with E-state index in [0.717, 1.165) is 44.4 Å². The molecule has 2 aliphatic rings. The maximum Gasteiger partial charge on any atom is 0.246 e. The number of carbonyl (C=O) groups is 4. The number of likely N-dealkylation sites (tertiary alicyclic amines) is 1. The van der Waals surface area contributed by atoms with Crippen LogP contribution in [0, 0.1) is 33.1 Å². The third-order valence-corrected chi connectivity index (χ3v) is 16.1. The highest BCUT2D eigenvalue weighted by atomic mass is 35.5. The smallest absolute Gasteiger partial charge is 0.246 e. The monoisotopic (exact) mass is 1140 g/mol. The molecule has 21 heteroatoms. The van der Waals surface area contributed by atoms with E-state index >= 15 is 0 Å². The number of thiophene rings is 2. The number of fused-ring (bicyclic) bond motifs is 3. The normalized spacial score (nSPS) is 16.4. The Hall–Kier alpha value is -6.36. The summed E-state index contributed by atoms with van der Waals surface area (Å²) in [6.07, 6.45) is -0.732. The summed E-state index contributed by atoms with van der Waals surface area (Å²) in [5, 5.41) is 31.9. The first-order valence-electron chi connectivity index (χ1n) is 26.3. The molecule has 5 heterocycles. The fourth-order valence-corrected chi connectivity index (χ4v) is 11.5. The van der Waals surface area contributed by atoms with Crippen LogP contribution in [0.3, 0.4) is 0 Å². The number of rotatable bonds is 25. The van der Waals surface area contributed by atoms with Crippen LogP contribution >= 0.6 is 34.3 Å². The second kappa shape index (κ2) is 27.2. The molecule has 6 aromatic rings. The largest absolute Gasteiger partial charge is 0.491 e. The molecule has 3 aromatic carbocycles. The zero-order valence-electron chi connectivity index (χ0n) is 45.6. The van der Waals surface area contributed by atoms with E-state index in [1.54, 1.807) is 46.9 Å². The van der Waals surface area contributed by atoms with Crippen LogP contribution in [-0.4, -0.2) is 138 Å².